The van der Waals surface area contributed by atoms with E-state index in [0.717, 1.165) is 6.07 Å². The lowest BCUT2D eigenvalue weighted by Crippen LogP contribution is -2.24. The van der Waals surface area contributed by atoms with Gasteiger partial charge in [0.2, 0.25) is 10.0 Å². The third kappa shape index (κ3) is 3.06. The highest BCUT2D eigenvalue weighted by Crippen LogP contribution is 2.17. The van der Waals surface area contributed by atoms with E-state index in [-0.39, 0.29) is 17.0 Å². The zero-order valence-corrected chi connectivity index (χ0v) is 11.5. The Morgan fingerprint density at radius 3 is 2.70 bits per heavy atom. The molecule has 0 aliphatic carbocycles. The topological polar surface area (TPSA) is 96.6 Å². The van der Waals surface area contributed by atoms with E-state index in [2.05, 4.69) is 4.72 Å². The van der Waals surface area contributed by atoms with Gasteiger partial charge in [-0.1, -0.05) is 6.07 Å². The molecular formula is C13H13NO5S. The minimum absolute atomic E-state index is 0.0408. The Morgan fingerprint density at radius 1 is 1.35 bits per heavy atom. The summed E-state index contributed by atoms with van der Waals surface area (Å²) in [5.74, 6) is -1.17. The fraction of sp³-hybridized carbons (Fsp3) is 0.154. The summed E-state index contributed by atoms with van der Waals surface area (Å²) in [6.45, 7) is 1.69. The van der Waals surface area contributed by atoms with Crippen molar-refractivity contribution in [2.45, 2.75) is 18.4 Å². The molecule has 7 heteroatoms. The van der Waals surface area contributed by atoms with E-state index >= 15 is 0 Å². The van der Waals surface area contributed by atoms with Gasteiger partial charge in [0.05, 0.1) is 23.0 Å². The van der Waals surface area contributed by atoms with Crippen LogP contribution in [-0.2, 0) is 16.6 Å². The summed E-state index contributed by atoms with van der Waals surface area (Å²) >= 11 is 0. The molecule has 0 aliphatic rings. The molecule has 6 nitrogen and oxygen atoms in total. The molecule has 20 heavy (non-hydrogen) atoms. The lowest BCUT2D eigenvalue weighted by Gasteiger charge is -2.09. The van der Waals surface area contributed by atoms with Crippen LogP contribution in [0, 0.1) is 6.92 Å². The van der Waals surface area contributed by atoms with Gasteiger partial charge in [-0.05, 0) is 30.7 Å². The number of rotatable bonds is 5. The number of aromatic carboxylic acids is 1. The van der Waals surface area contributed by atoms with Gasteiger partial charge in [-0.25, -0.2) is 17.9 Å². The highest BCUT2D eigenvalue weighted by Gasteiger charge is 2.18. The van der Waals surface area contributed by atoms with Crippen LogP contribution in [0.1, 0.15) is 21.5 Å². The second kappa shape index (κ2) is 5.48. The molecule has 0 spiro atoms. The van der Waals surface area contributed by atoms with Crippen molar-refractivity contribution < 1.29 is 22.7 Å². The average molecular weight is 295 g/mol. The van der Waals surface area contributed by atoms with Crippen LogP contribution in [-0.4, -0.2) is 19.5 Å². The van der Waals surface area contributed by atoms with Crippen molar-refractivity contribution in [1.82, 2.24) is 4.72 Å². The van der Waals surface area contributed by atoms with Gasteiger partial charge in [-0.15, -0.1) is 0 Å². The van der Waals surface area contributed by atoms with Crippen molar-refractivity contribution in [3.63, 3.8) is 0 Å². The number of carboxylic acids is 1. The summed E-state index contributed by atoms with van der Waals surface area (Å²) in [7, 11) is -3.78. The summed E-state index contributed by atoms with van der Waals surface area (Å²) in [5, 5.41) is 8.92. The molecule has 2 rings (SSSR count). The van der Waals surface area contributed by atoms with Crippen LogP contribution in [0.3, 0.4) is 0 Å². The maximum absolute atomic E-state index is 12.2. The molecular weight excluding hydrogens is 282 g/mol. The SMILES string of the molecule is Cc1ccc(C(=O)O)cc1S(=O)(=O)NCc1ccoc1. The Balaban J connectivity index is 2.28. The molecule has 0 bridgehead atoms. The molecule has 0 saturated carbocycles. The summed E-state index contributed by atoms with van der Waals surface area (Å²) in [5.41, 5.74) is 1.09. The van der Waals surface area contributed by atoms with Gasteiger partial charge in [0.1, 0.15) is 0 Å². The van der Waals surface area contributed by atoms with Gasteiger partial charge < -0.3 is 9.52 Å². The Kier molecular flexibility index (Phi) is 3.91. The molecule has 0 amide bonds. The molecule has 0 radical (unpaired) electrons. The molecule has 1 aromatic carbocycles. The summed E-state index contributed by atoms with van der Waals surface area (Å²) in [6, 6.07) is 5.63. The van der Waals surface area contributed by atoms with Crippen LogP contribution in [0.2, 0.25) is 0 Å². The largest absolute Gasteiger partial charge is 0.478 e. The first-order chi connectivity index (χ1) is 9.40. The number of nitrogens with one attached hydrogen (secondary N) is 1. The molecule has 2 N–H and O–H groups in total. The molecule has 2 aromatic rings. The smallest absolute Gasteiger partial charge is 0.335 e. The molecule has 1 heterocycles. The van der Waals surface area contributed by atoms with E-state index in [4.69, 9.17) is 9.52 Å². The number of aryl methyl sites for hydroxylation is 1. The quantitative estimate of drug-likeness (QED) is 0.876. The average Bonchev–Trinajstić information content (AvgIpc) is 2.89. The van der Waals surface area contributed by atoms with Crippen LogP contribution >= 0.6 is 0 Å². The van der Waals surface area contributed by atoms with Crippen molar-refractivity contribution in [3.8, 4) is 0 Å². The van der Waals surface area contributed by atoms with Crippen molar-refractivity contribution in [2.24, 2.45) is 0 Å². The minimum atomic E-state index is -3.78. The molecule has 0 aliphatic heterocycles. The van der Waals surface area contributed by atoms with Gasteiger partial charge in [-0.3, -0.25) is 0 Å². The van der Waals surface area contributed by atoms with Crippen LogP contribution in [0.15, 0.2) is 46.1 Å². The van der Waals surface area contributed by atoms with Crippen molar-refractivity contribution in [3.05, 3.63) is 53.5 Å². The first kappa shape index (κ1) is 14.3. The highest BCUT2D eigenvalue weighted by molar-refractivity contribution is 7.89. The van der Waals surface area contributed by atoms with Gasteiger partial charge >= 0.3 is 5.97 Å². The van der Waals surface area contributed by atoms with Crippen LogP contribution < -0.4 is 4.72 Å². The van der Waals surface area contributed by atoms with Crippen molar-refractivity contribution in [2.75, 3.05) is 0 Å². The number of hydrogen-bond donors (Lipinski definition) is 2. The van der Waals surface area contributed by atoms with Crippen molar-refractivity contribution in [1.29, 1.82) is 0 Å². The van der Waals surface area contributed by atoms with E-state index in [1.807, 2.05) is 0 Å². The maximum Gasteiger partial charge on any atom is 0.335 e. The molecule has 0 saturated heterocycles. The second-order valence-electron chi connectivity index (χ2n) is 4.24. The lowest BCUT2D eigenvalue weighted by molar-refractivity contribution is 0.0696. The third-order valence-corrected chi connectivity index (χ3v) is 4.31. The number of hydrogen-bond acceptors (Lipinski definition) is 4. The van der Waals surface area contributed by atoms with E-state index in [1.165, 1.54) is 24.7 Å². The van der Waals surface area contributed by atoms with Gasteiger partial charge in [-0.2, -0.15) is 0 Å². The zero-order chi connectivity index (χ0) is 14.8. The first-order valence-electron chi connectivity index (χ1n) is 5.75. The Morgan fingerprint density at radius 2 is 2.10 bits per heavy atom. The van der Waals surface area contributed by atoms with E-state index in [0.29, 0.717) is 11.1 Å². The van der Waals surface area contributed by atoms with Gasteiger partial charge in [0.25, 0.3) is 0 Å². The second-order valence-corrected chi connectivity index (χ2v) is 5.98. The zero-order valence-electron chi connectivity index (χ0n) is 10.7. The Hall–Kier alpha value is -2.12. The normalized spacial score (nSPS) is 11.4. The van der Waals surface area contributed by atoms with E-state index in [9.17, 15) is 13.2 Å². The predicted octanol–water partition coefficient (Wildman–Crippen LogP) is 1.76. The van der Waals surface area contributed by atoms with E-state index < -0.39 is 16.0 Å². The van der Waals surface area contributed by atoms with Gasteiger partial charge in [0, 0.05) is 12.1 Å². The van der Waals surface area contributed by atoms with Crippen LogP contribution in [0.5, 0.6) is 0 Å². The number of carbonyl (C=O) groups is 1. The third-order valence-electron chi connectivity index (χ3n) is 2.77. The minimum Gasteiger partial charge on any atom is -0.478 e. The highest BCUT2D eigenvalue weighted by atomic mass is 32.2. The summed E-state index contributed by atoms with van der Waals surface area (Å²) in [6.07, 6.45) is 2.88. The summed E-state index contributed by atoms with van der Waals surface area (Å²) < 4.78 is 31.6. The monoisotopic (exact) mass is 295 g/mol. The van der Waals surface area contributed by atoms with E-state index in [1.54, 1.807) is 13.0 Å². The molecule has 0 fully saturated rings. The lowest BCUT2D eigenvalue weighted by atomic mass is 10.1. The number of carboxylic acid groups (broad SMARTS) is 1. The molecule has 0 unspecified atom stereocenters. The molecule has 106 valence electrons. The fourth-order valence-corrected chi connectivity index (χ4v) is 2.96. The van der Waals surface area contributed by atoms with Crippen LogP contribution in [0.25, 0.3) is 0 Å². The fourth-order valence-electron chi connectivity index (χ4n) is 1.67. The summed E-state index contributed by atoms with van der Waals surface area (Å²) in [4.78, 5) is 10.9. The van der Waals surface area contributed by atoms with Crippen LogP contribution in [0.4, 0.5) is 0 Å². The van der Waals surface area contributed by atoms with Gasteiger partial charge in [0.15, 0.2) is 0 Å². The Bertz CT molecular complexity index is 719. The molecule has 0 atom stereocenters. The number of benzene rings is 1. The van der Waals surface area contributed by atoms with Crippen molar-refractivity contribution >= 4 is 16.0 Å². The predicted molar refractivity (Wildman–Crippen MR) is 70.9 cm³/mol. The first-order valence-corrected chi connectivity index (χ1v) is 7.23. The number of sulfonamides is 1. The number of furan rings is 1. The Labute approximate surface area is 116 Å². The maximum atomic E-state index is 12.2. The molecule has 1 aromatic heterocycles. The standard InChI is InChI=1S/C13H13NO5S/c1-9-2-3-11(13(15)16)6-12(9)20(17,18)14-7-10-4-5-19-8-10/h2-6,8,14H,7H2,1H3,(H,15,16).